The van der Waals surface area contributed by atoms with Gasteiger partial charge in [0.1, 0.15) is 5.60 Å². The molecule has 0 atom stereocenters. The van der Waals surface area contributed by atoms with Crippen LogP contribution in [0, 0.1) is 0 Å². The number of aromatic amines is 1. The maximum Gasteiger partial charge on any atom is 0.410 e. The van der Waals surface area contributed by atoms with E-state index in [4.69, 9.17) is 10.5 Å². The van der Waals surface area contributed by atoms with Crippen LogP contribution in [0.1, 0.15) is 32.0 Å². The van der Waals surface area contributed by atoms with E-state index in [1.165, 1.54) is 4.68 Å². The van der Waals surface area contributed by atoms with Gasteiger partial charge < -0.3 is 15.4 Å². The van der Waals surface area contributed by atoms with Gasteiger partial charge in [-0.2, -0.15) is 0 Å². The lowest BCUT2D eigenvalue weighted by molar-refractivity contribution is 0.0221. The van der Waals surface area contributed by atoms with Crippen molar-refractivity contribution in [2.75, 3.05) is 13.1 Å². The van der Waals surface area contributed by atoms with E-state index >= 15 is 0 Å². The van der Waals surface area contributed by atoms with Crippen molar-refractivity contribution in [2.24, 2.45) is 5.73 Å². The first-order valence-electron chi connectivity index (χ1n) is 6.80. The molecule has 1 amide bonds. The number of carbonyl (C=O) groups is 1. The average Bonchev–Trinajstić information content (AvgIpc) is 2.64. The third-order valence-electron chi connectivity index (χ3n) is 3.12. The Hall–Kier alpha value is -1.76. The van der Waals surface area contributed by atoms with Crippen molar-refractivity contribution in [3.63, 3.8) is 0 Å². The summed E-state index contributed by atoms with van der Waals surface area (Å²) < 4.78 is 6.85. The molecule has 0 saturated heterocycles. The molecule has 0 fully saturated rings. The van der Waals surface area contributed by atoms with Crippen LogP contribution in [0.2, 0.25) is 0 Å². The maximum atomic E-state index is 12.1. The predicted molar refractivity (Wildman–Crippen MR) is 74.5 cm³/mol. The van der Waals surface area contributed by atoms with Crippen LogP contribution >= 0.6 is 0 Å². The number of nitrogens with one attached hydrogen (secondary N) is 1. The van der Waals surface area contributed by atoms with Gasteiger partial charge in [0.25, 0.3) is 5.56 Å². The summed E-state index contributed by atoms with van der Waals surface area (Å²) >= 11 is 0. The van der Waals surface area contributed by atoms with Gasteiger partial charge in [-0.1, -0.05) is 0 Å². The van der Waals surface area contributed by atoms with Gasteiger partial charge in [0.15, 0.2) is 0 Å². The van der Waals surface area contributed by atoms with Gasteiger partial charge in [-0.3, -0.25) is 14.6 Å². The molecule has 0 bridgehead atoms. The van der Waals surface area contributed by atoms with Crippen molar-refractivity contribution in [1.29, 1.82) is 0 Å². The highest BCUT2D eigenvalue weighted by Crippen LogP contribution is 2.17. The predicted octanol–water partition coefficient (Wildman–Crippen LogP) is 0.428. The number of H-pyrrole nitrogens is 1. The van der Waals surface area contributed by atoms with E-state index in [0.29, 0.717) is 32.6 Å². The molecule has 20 heavy (non-hydrogen) atoms. The summed E-state index contributed by atoms with van der Waals surface area (Å²) in [6, 6.07) is 0. The van der Waals surface area contributed by atoms with Crippen LogP contribution in [0.25, 0.3) is 0 Å². The average molecular weight is 282 g/mol. The summed E-state index contributed by atoms with van der Waals surface area (Å²) in [6.07, 6.45) is 0.192. The minimum Gasteiger partial charge on any atom is -0.444 e. The van der Waals surface area contributed by atoms with Crippen LogP contribution in [-0.4, -0.2) is 39.5 Å². The first-order valence-corrected chi connectivity index (χ1v) is 6.80. The molecule has 1 aliphatic rings. The van der Waals surface area contributed by atoms with Crippen molar-refractivity contribution in [3.8, 4) is 0 Å². The number of hydrogen-bond donors (Lipinski definition) is 2. The van der Waals surface area contributed by atoms with Gasteiger partial charge in [0, 0.05) is 18.7 Å². The Labute approximate surface area is 117 Å². The number of ether oxygens (including phenoxy) is 1. The lowest BCUT2D eigenvalue weighted by Gasteiger charge is -2.29. The van der Waals surface area contributed by atoms with Crippen molar-refractivity contribution in [3.05, 3.63) is 21.6 Å². The van der Waals surface area contributed by atoms with Gasteiger partial charge in [-0.25, -0.2) is 4.79 Å². The summed E-state index contributed by atoms with van der Waals surface area (Å²) in [4.78, 5) is 25.7. The lowest BCUT2D eigenvalue weighted by Crippen LogP contribution is -2.40. The van der Waals surface area contributed by atoms with E-state index in [1.54, 1.807) is 4.90 Å². The SMILES string of the molecule is CC(C)(C)OC(=O)N1CCc2c([nH]n(CCN)c2=O)C1. The van der Waals surface area contributed by atoms with Crippen molar-refractivity contribution < 1.29 is 9.53 Å². The molecular formula is C13H22N4O3. The Balaban J connectivity index is 2.13. The van der Waals surface area contributed by atoms with Crippen LogP contribution in [0.3, 0.4) is 0 Å². The van der Waals surface area contributed by atoms with Gasteiger partial charge in [-0.05, 0) is 27.2 Å². The number of hydrogen-bond acceptors (Lipinski definition) is 4. The Morgan fingerprint density at radius 2 is 2.15 bits per heavy atom. The monoisotopic (exact) mass is 282 g/mol. The molecule has 0 radical (unpaired) electrons. The first kappa shape index (κ1) is 14.6. The maximum absolute atomic E-state index is 12.1. The molecule has 0 saturated carbocycles. The van der Waals surface area contributed by atoms with Crippen molar-refractivity contribution in [2.45, 2.75) is 45.9 Å². The van der Waals surface area contributed by atoms with Gasteiger partial charge in [0.2, 0.25) is 0 Å². The van der Waals surface area contributed by atoms with Crippen LogP contribution in [0.15, 0.2) is 4.79 Å². The quantitative estimate of drug-likeness (QED) is 0.822. The molecule has 0 unspecified atom stereocenters. The largest absolute Gasteiger partial charge is 0.444 e. The first-order chi connectivity index (χ1) is 9.31. The highest BCUT2D eigenvalue weighted by Gasteiger charge is 2.28. The van der Waals surface area contributed by atoms with E-state index < -0.39 is 5.60 Å². The fourth-order valence-electron chi connectivity index (χ4n) is 2.25. The van der Waals surface area contributed by atoms with Crippen LogP contribution in [-0.2, 0) is 24.2 Å². The van der Waals surface area contributed by atoms with E-state index in [-0.39, 0.29) is 11.7 Å². The molecule has 2 rings (SSSR count). The highest BCUT2D eigenvalue weighted by atomic mass is 16.6. The molecule has 3 N–H and O–H groups in total. The Bertz CT molecular complexity index is 553. The van der Waals surface area contributed by atoms with Crippen LogP contribution in [0.5, 0.6) is 0 Å². The number of nitrogens with zero attached hydrogens (tertiary/aromatic N) is 2. The fraction of sp³-hybridized carbons (Fsp3) is 0.692. The van der Waals surface area contributed by atoms with E-state index in [2.05, 4.69) is 5.10 Å². The molecule has 112 valence electrons. The zero-order valence-electron chi connectivity index (χ0n) is 12.2. The van der Waals surface area contributed by atoms with Gasteiger partial charge in [-0.15, -0.1) is 0 Å². The van der Waals surface area contributed by atoms with E-state index in [9.17, 15) is 9.59 Å². The molecule has 7 heteroatoms. The Kier molecular flexibility index (Phi) is 3.89. The van der Waals surface area contributed by atoms with E-state index in [1.807, 2.05) is 20.8 Å². The minimum atomic E-state index is -0.518. The van der Waals surface area contributed by atoms with Crippen LogP contribution in [0.4, 0.5) is 4.79 Å². The second-order valence-corrected chi connectivity index (χ2v) is 5.97. The number of amides is 1. The number of rotatable bonds is 2. The number of fused-ring (bicyclic) bond motifs is 1. The summed E-state index contributed by atoms with van der Waals surface area (Å²) in [7, 11) is 0. The Morgan fingerprint density at radius 1 is 1.45 bits per heavy atom. The smallest absolute Gasteiger partial charge is 0.410 e. The summed E-state index contributed by atoms with van der Waals surface area (Å²) in [5.74, 6) is 0. The molecular weight excluding hydrogens is 260 g/mol. The topological polar surface area (TPSA) is 93.3 Å². The fourth-order valence-corrected chi connectivity index (χ4v) is 2.25. The zero-order chi connectivity index (χ0) is 14.9. The summed E-state index contributed by atoms with van der Waals surface area (Å²) in [6.45, 7) is 7.22. The lowest BCUT2D eigenvalue weighted by atomic mass is 10.1. The van der Waals surface area contributed by atoms with Crippen LogP contribution < -0.4 is 11.3 Å². The summed E-state index contributed by atoms with van der Waals surface area (Å²) in [5.41, 5.74) is 6.44. The molecule has 1 aliphatic heterocycles. The number of carbonyl (C=O) groups excluding carboxylic acids is 1. The highest BCUT2D eigenvalue weighted by molar-refractivity contribution is 5.68. The molecule has 0 spiro atoms. The molecule has 0 aromatic carbocycles. The minimum absolute atomic E-state index is 0.0331. The molecule has 2 heterocycles. The Morgan fingerprint density at radius 3 is 2.75 bits per heavy atom. The number of aromatic nitrogens is 2. The molecule has 7 nitrogen and oxygen atoms in total. The van der Waals surface area contributed by atoms with E-state index in [0.717, 1.165) is 11.3 Å². The number of nitrogens with two attached hydrogens (primary N) is 1. The molecule has 1 aromatic rings. The third-order valence-corrected chi connectivity index (χ3v) is 3.12. The van der Waals surface area contributed by atoms with Gasteiger partial charge in [0.05, 0.1) is 18.8 Å². The van der Waals surface area contributed by atoms with Crippen molar-refractivity contribution in [1.82, 2.24) is 14.7 Å². The summed E-state index contributed by atoms with van der Waals surface area (Å²) in [5, 5.41) is 3.03. The normalized spacial score (nSPS) is 15.1. The standard InChI is InChI=1S/C13H22N4O3/c1-13(2,3)20-12(19)16-6-4-9-10(8-16)15-17(7-5-14)11(9)18/h15H,4-8,14H2,1-3H3. The van der Waals surface area contributed by atoms with Crippen molar-refractivity contribution >= 4 is 6.09 Å². The third kappa shape index (κ3) is 3.04. The second-order valence-electron chi connectivity index (χ2n) is 5.97. The van der Waals surface area contributed by atoms with Gasteiger partial charge >= 0.3 is 6.09 Å². The second kappa shape index (κ2) is 5.32. The zero-order valence-corrected chi connectivity index (χ0v) is 12.2. The molecule has 0 aliphatic carbocycles. The molecule has 1 aromatic heterocycles.